The lowest BCUT2D eigenvalue weighted by Gasteiger charge is -2.19. The number of carbonyl (C=O) groups is 1. The van der Waals surface area contributed by atoms with E-state index in [1.165, 1.54) is 11.1 Å². The average Bonchev–Trinajstić information content (AvgIpc) is 2.18. The second kappa shape index (κ2) is 3.67. The van der Waals surface area contributed by atoms with Crippen molar-refractivity contribution >= 4 is 11.7 Å². The van der Waals surface area contributed by atoms with Crippen LogP contribution in [0.2, 0.25) is 0 Å². The fourth-order valence-electron chi connectivity index (χ4n) is 1.78. The summed E-state index contributed by atoms with van der Waals surface area (Å²) in [7, 11) is 0. The molecule has 14 heavy (non-hydrogen) atoms. The zero-order valence-corrected chi connectivity index (χ0v) is 7.84. The van der Waals surface area contributed by atoms with Crippen LogP contribution in [0.4, 0.5) is 10.5 Å². The molecule has 0 radical (unpaired) electrons. The number of anilines is 1. The minimum Gasteiger partial charge on any atom is -0.351 e. The highest BCUT2D eigenvalue weighted by atomic mass is 16.2. The minimum atomic E-state index is -0.503. The summed E-state index contributed by atoms with van der Waals surface area (Å²) in [6, 6.07) is 5.37. The van der Waals surface area contributed by atoms with Crippen molar-refractivity contribution in [2.45, 2.75) is 13.0 Å². The number of hydrogen-bond acceptors (Lipinski definition) is 2. The van der Waals surface area contributed by atoms with Crippen molar-refractivity contribution in [3.63, 3.8) is 0 Å². The topological polar surface area (TPSA) is 67.2 Å². The van der Waals surface area contributed by atoms with E-state index in [4.69, 9.17) is 5.73 Å². The first-order chi connectivity index (χ1) is 6.77. The average molecular weight is 191 g/mol. The number of hydrogen-bond donors (Lipinski definition) is 3. The molecule has 1 aliphatic rings. The van der Waals surface area contributed by atoms with Gasteiger partial charge in [-0.05, 0) is 30.2 Å². The van der Waals surface area contributed by atoms with Crippen molar-refractivity contribution < 1.29 is 4.79 Å². The van der Waals surface area contributed by atoms with E-state index in [9.17, 15) is 4.79 Å². The Morgan fingerprint density at radius 2 is 2.36 bits per heavy atom. The standard InChI is InChI=1S/C10H13N3O/c11-10(14)13-9-3-1-2-7-6-12-5-4-8(7)9/h1-3,12H,4-6H2,(H3,11,13,14). The normalized spacial score (nSPS) is 14.6. The van der Waals surface area contributed by atoms with Crippen LogP contribution in [0.3, 0.4) is 0 Å². The molecule has 4 N–H and O–H groups in total. The van der Waals surface area contributed by atoms with Crippen LogP contribution in [0.5, 0.6) is 0 Å². The Labute approximate surface area is 82.5 Å². The van der Waals surface area contributed by atoms with Crippen LogP contribution in [0.15, 0.2) is 18.2 Å². The molecule has 4 heteroatoms. The van der Waals surface area contributed by atoms with E-state index in [0.717, 1.165) is 25.2 Å². The molecule has 1 aromatic carbocycles. The smallest absolute Gasteiger partial charge is 0.316 e. The molecular formula is C10H13N3O. The molecule has 0 unspecified atom stereocenters. The third-order valence-electron chi connectivity index (χ3n) is 2.40. The van der Waals surface area contributed by atoms with Gasteiger partial charge in [0.15, 0.2) is 0 Å². The summed E-state index contributed by atoms with van der Waals surface area (Å²) in [5.74, 6) is 0. The van der Waals surface area contributed by atoms with Gasteiger partial charge < -0.3 is 16.4 Å². The monoisotopic (exact) mass is 191 g/mol. The van der Waals surface area contributed by atoms with Crippen molar-refractivity contribution in [1.82, 2.24) is 5.32 Å². The molecule has 0 aromatic heterocycles. The molecular weight excluding hydrogens is 178 g/mol. The molecule has 0 atom stereocenters. The van der Waals surface area contributed by atoms with E-state index >= 15 is 0 Å². The highest BCUT2D eigenvalue weighted by Crippen LogP contribution is 2.22. The number of amides is 2. The summed E-state index contributed by atoms with van der Waals surface area (Å²) in [5.41, 5.74) is 8.37. The van der Waals surface area contributed by atoms with Gasteiger partial charge in [0.2, 0.25) is 0 Å². The summed E-state index contributed by atoms with van der Waals surface area (Å²) in [6.07, 6.45) is 0.936. The van der Waals surface area contributed by atoms with E-state index in [1.807, 2.05) is 12.1 Å². The van der Waals surface area contributed by atoms with Gasteiger partial charge in [-0.3, -0.25) is 0 Å². The summed E-state index contributed by atoms with van der Waals surface area (Å²) in [4.78, 5) is 10.7. The molecule has 0 spiro atoms. The molecule has 74 valence electrons. The molecule has 2 amide bonds. The number of urea groups is 1. The van der Waals surface area contributed by atoms with Crippen molar-refractivity contribution in [2.75, 3.05) is 11.9 Å². The maximum atomic E-state index is 10.7. The number of carbonyl (C=O) groups excluding carboxylic acids is 1. The molecule has 1 heterocycles. The zero-order chi connectivity index (χ0) is 9.97. The SMILES string of the molecule is NC(=O)Nc1cccc2c1CCNC2. The largest absolute Gasteiger partial charge is 0.351 e. The predicted octanol–water partition coefficient (Wildman–Crippen LogP) is 0.823. The highest BCUT2D eigenvalue weighted by molar-refractivity contribution is 5.89. The van der Waals surface area contributed by atoms with Crippen LogP contribution in [0.1, 0.15) is 11.1 Å². The van der Waals surface area contributed by atoms with Crippen molar-refractivity contribution in [1.29, 1.82) is 0 Å². The fourth-order valence-corrected chi connectivity index (χ4v) is 1.78. The van der Waals surface area contributed by atoms with Crippen molar-refractivity contribution in [2.24, 2.45) is 5.73 Å². The van der Waals surface area contributed by atoms with E-state index in [2.05, 4.69) is 16.7 Å². The summed E-state index contributed by atoms with van der Waals surface area (Å²) in [6.45, 7) is 1.81. The van der Waals surface area contributed by atoms with Crippen LogP contribution in [-0.4, -0.2) is 12.6 Å². The predicted molar refractivity (Wildman–Crippen MR) is 55.1 cm³/mol. The lowest BCUT2D eigenvalue weighted by Crippen LogP contribution is -2.26. The number of benzene rings is 1. The van der Waals surface area contributed by atoms with Gasteiger partial charge in [0.25, 0.3) is 0 Å². The van der Waals surface area contributed by atoms with E-state index < -0.39 is 6.03 Å². The van der Waals surface area contributed by atoms with Gasteiger partial charge in [-0.2, -0.15) is 0 Å². The first kappa shape index (κ1) is 9.02. The Kier molecular flexibility index (Phi) is 2.37. The van der Waals surface area contributed by atoms with Crippen molar-refractivity contribution in [3.05, 3.63) is 29.3 Å². The van der Waals surface area contributed by atoms with Gasteiger partial charge in [0.05, 0.1) is 0 Å². The third-order valence-corrected chi connectivity index (χ3v) is 2.40. The second-order valence-electron chi connectivity index (χ2n) is 3.36. The maximum absolute atomic E-state index is 10.7. The molecule has 0 saturated heterocycles. The Morgan fingerprint density at radius 1 is 1.50 bits per heavy atom. The quantitative estimate of drug-likeness (QED) is 0.615. The first-order valence-electron chi connectivity index (χ1n) is 4.65. The minimum absolute atomic E-state index is 0.503. The Bertz CT molecular complexity index is 362. The summed E-state index contributed by atoms with van der Waals surface area (Å²) < 4.78 is 0. The van der Waals surface area contributed by atoms with Crippen molar-refractivity contribution in [3.8, 4) is 0 Å². The van der Waals surface area contributed by atoms with Gasteiger partial charge in [0, 0.05) is 12.2 Å². The van der Waals surface area contributed by atoms with E-state index in [-0.39, 0.29) is 0 Å². The Balaban J connectivity index is 2.35. The number of rotatable bonds is 1. The molecule has 0 bridgehead atoms. The van der Waals surface area contributed by atoms with Gasteiger partial charge in [0.1, 0.15) is 0 Å². The van der Waals surface area contributed by atoms with Crippen LogP contribution in [-0.2, 0) is 13.0 Å². The molecule has 4 nitrogen and oxygen atoms in total. The summed E-state index contributed by atoms with van der Waals surface area (Å²) in [5, 5.41) is 5.92. The van der Waals surface area contributed by atoms with Crippen LogP contribution < -0.4 is 16.4 Å². The highest BCUT2D eigenvalue weighted by Gasteiger charge is 2.12. The van der Waals surface area contributed by atoms with Crippen LogP contribution in [0.25, 0.3) is 0 Å². The third kappa shape index (κ3) is 1.70. The molecule has 1 aromatic rings. The molecule has 0 aliphatic carbocycles. The number of nitrogens with one attached hydrogen (secondary N) is 2. The second-order valence-corrected chi connectivity index (χ2v) is 3.36. The molecule has 0 saturated carbocycles. The van der Waals surface area contributed by atoms with Gasteiger partial charge in [-0.15, -0.1) is 0 Å². The molecule has 2 rings (SSSR count). The molecule has 0 fully saturated rings. The van der Waals surface area contributed by atoms with Gasteiger partial charge in [-0.1, -0.05) is 12.1 Å². The van der Waals surface area contributed by atoms with E-state index in [1.54, 1.807) is 0 Å². The van der Waals surface area contributed by atoms with E-state index in [0.29, 0.717) is 0 Å². The van der Waals surface area contributed by atoms with Crippen LogP contribution >= 0.6 is 0 Å². The number of primary amides is 1. The lowest BCUT2D eigenvalue weighted by molar-refractivity contribution is 0.259. The number of fused-ring (bicyclic) bond motifs is 1. The van der Waals surface area contributed by atoms with Gasteiger partial charge in [-0.25, -0.2) is 4.79 Å². The van der Waals surface area contributed by atoms with Gasteiger partial charge >= 0.3 is 6.03 Å². The van der Waals surface area contributed by atoms with Crippen LogP contribution in [0, 0.1) is 0 Å². The first-order valence-corrected chi connectivity index (χ1v) is 4.65. The Morgan fingerprint density at radius 3 is 3.14 bits per heavy atom. The summed E-state index contributed by atoms with van der Waals surface area (Å²) >= 11 is 0. The number of nitrogens with two attached hydrogens (primary N) is 1. The Hall–Kier alpha value is -1.55. The lowest BCUT2D eigenvalue weighted by atomic mass is 9.99. The maximum Gasteiger partial charge on any atom is 0.316 e. The molecule has 1 aliphatic heterocycles. The fraction of sp³-hybridized carbons (Fsp3) is 0.300. The zero-order valence-electron chi connectivity index (χ0n) is 7.84.